The molecule has 0 spiro atoms. The second-order valence-corrected chi connectivity index (χ2v) is 5.69. The lowest BCUT2D eigenvalue weighted by Gasteiger charge is -2.13. The molecule has 1 aromatic heterocycles. The fourth-order valence-electron chi connectivity index (χ4n) is 2.00. The Bertz CT molecular complexity index is 1190. The van der Waals surface area contributed by atoms with Crippen molar-refractivity contribution in [1.29, 1.82) is 5.26 Å². The molecule has 3 rings (SSSR count). The van der Waals surface area contributed by atoms with Gasteiger partial charge >= 0.3 is 0 Å². The summed E-state index contributed by atoms with van der Waals surface area (Å²) < 4.78 is 63.3. The van der Waals surface area contributed by atoms with Crippen LogP contribution in [-0.4, -0.2) is 9.97 Å². The van der Waals surface area contributed by atoms with Crippen LogP contribution in [0.25, 0.3) is 0 Å². The number of nitrogens with one attached hydrogen (secondary N) is 2. The zero-order valence-corrected chi connectivity index (χ0v) is 14.3. The van der Waals surface area contributed by atoms with Gasteiger partial charge in [0.2, 0.25) is 5.95 Å². The third-order valence-corrected chi connectivity index (χ3v) is 3.54. The van der Waals surface area contributed by atoms with Crippen molar-refractivity contribution < 1.29 is 11.0 Å². The summed E-state index contributed by atoms with van der Waals surface area (Å²) in [7, 11) is 0. The Hall–Kier alpha value is -2.91. The van der Waals surface area contributed by atoms with E-state index < -0.39 is 42.6 Å². The molecule has 0 aliphatic heterocycles. The van der Waals surface area contributed by atoms with Crippen molar-refractivity contribution in [2.75, 3.05) is 10.6 Å². The lowest BCUT2D eigenvalue weighted by Crippen LogP contribution is -2.02. The first-order valence-electron chi connectivity index (χ1n) is 11.0. The van der Waals surface area contributed by atoms with Crippen LogP contribution < -0.4 is 10.6 Å². The van der Waals surface area contributed by atoms with E-state index in [4.69, 9.17) is 16.2 Å². The van der Waals surface area contributed by atoms with Gasteiger partial charge < -0.3 is 10.6 Å². The van der Waals surface area contributed by atoms with Gasteiger partial charge in [0.05, 0.1) is 14.4 Å². The number of nitrogens with zero attached hydrogens (tertiary/aromatic N) is 3. The first kappa shape index (κ1) is 9.54. The number of anilines is 4. The highest BCUT2D eigenvalue weighted by molar-refractivity contribution is 9.10. The van der Waals surface area contributed by atoms with Gasteiger partial charge in [-0.1, -0.05) is 15.9 Å². The summed E-state index contributed by atoms with van der Waals surface area (Å²) in [6, 6.07) is 8.87. The highest BCUT2D eigenvalue weighted by Gasteiger charge is 2.07. The van der Waals surface area contributed by atoms with E-state index in [0.717, 1.165) is 0 Å². The SMILES string of the molecule is [2H]c1c(Br)c([2H])c(C([2H])([2H])[2H])c(Nc2ccnc(Nc3ccc(C#N)cc3)n2)c1C([2H])([2H])[2H]. The molecule has 5 nitrogen and oxygen atoms in total. The fourth-order valence-corrected chi connectivity index (χ4v) is 2.40. The van der Waals surface area contributed by atoms with E-state index in [1.165, 1.54) is 12.3 Å². The van der Waals surface area contributed by atoms with Crippen molar-refractivity contribution >= 4 is 39.1 Å². The van der Waals surface area contributed by atoms with Crippen LogP contribution in [0.5, 0.6) is 0 Å². The molecule has 0 saturated heterocycles. The van der Waals surface area contributed by atoms with E-state index in [0.29, 0.717) is 11.3 Å². The first-order valence-corrected chi connectivity index (χ1v) is 7.83. The maximum absolute atomic E-state index is 8.90. The number of nitriles is 1. The normalized spacial score (nSPS) is 15.8. The van der Waals surface area contributed by atoms with E-state index in [9.17, 15) is 0 Å². The molecule has 6 heteroatoms. The predicted molar refractivity (Wildman–Crippen MR) is 103 cm³/mol. The van der Waals surface area contributed by atoms with E-state index in [2.05, 4.69) is 36.5 Å². The van der Waals surface area contributed by atoms with Crippen LogP contribution in [0.15, 0.2) is 53.1 Å². The standard InChI is InChI=1S/C19H16BrN5/c1-12-9-15(20)10-13(2)18(12)24-17-7-8-22-19(25-17)23-16-5-3-14(11-21)4-6-16/h3-10H,1-2H3,(H2,22,23,24,25)/i1D3,2D3,9D,10D. The van der Waals surface area contributed by atoms with Crippen molar-refractivity contribution in [3.8, 4) is 6.07 Å². The van der Waals surface area contributed by atoms with Crippen LogP contribution in [0.4, 0.5) is 23.1 Å². The summed E-state index contributed by atoms with van der Waals surface area (Å²) in [5, 5.41) is 14.5. The first-order chi connectivity index (χ1) is 15.3. The average Bonchev–Trinajstić information content (AvgIpc) is 2.71. The second-order valence-electron chi connectivity index (χ2n) is 4.89. The van der Waals surface area contributed by atoms with Gasteiger partial charge in [-0.15, -0.1) is 0 Å². The molecule has 0 fully saturated rings. The summed E-state index contributed by atoms with van der Waals surface area (Å²) in [6.07, 6.45) is 1.37. The van der Waals surface area contributed by atoms with E-state index >= 15 is 0 Å². The Labute approximate surface area is 166 Å². The Kier molecular flexibility index (Phi) is 2.80. The smallest absolute Gasteiger partial charge is 0.229 e. The molecule has 2 N–H and O–H groups in total. The Morgan fingerprint density at radius 1 is 1.12 bits per heavy atom. The lowest BCUT2D eigenvalue weighted by atomic mass is 10.1. The number of rotatable bonds is 4. The molecule has 0 radical (unpaired) electrons. The van der Waals surface area contributed by atoms with Crippen LogP contribution in [0, 0.1) is 25.0 Å². The number of benzene rings is 2. The van der Waals surface area contributed by atoms with E-state index in [1.54, 1.807) is 24.3 Å². The Balaban J connectivity index is 2.09. The zero-order chi connectivity index (χ0) is 24.6. The van der Waals surface area contributed by atoms with Crippen molar-refractivity contribution in [2.24, 2.45) is 0 Å². The van der Waals surface area contributed by atoms with Crippen LogP contribution in [-0.2, 0) is 0 Å². The largest absolute Gasteiger partial charge is 0.340 e. The predicted octanol–water partition coefficient (Wildman–Crippen LogP) is 5.21. The van der Waals surface area contributed by atoms with Crippen molar-refractivity contribution in [3.63, 3.8) is 0 Å². The average molecular weight is 402 g/mol. The minimum atomic E-state index is -2.84. The zero-order valence-electron chi connectivity index (χ0n) is 20.7. The van der Waals surface area contributed by atoms with Crippen LogP contribution in [0.1, 0.15) is 27.7 Å². The van der Waals surface area contributed by atoms with Gasteiger partial charge in [0.1, 0.15) is 5.82 Å². The molecule has 124 valence electrons. The van der Waals surface area contributed by atoms with Gasteiger partial charge in [0.25, 0.3) is 0 Å². The number of halogens is 1. The third kappa shape index (κ3) is 4.14. The van der Waals surface area contributed by atoms with Crippen LogP contribution in [0.3, 0.4) is 0 Å². The van der Waals surface area contributed by atoms with Gasteiger partial charge in [0, 0.05) is 30.3 Å². The molecule has 0 saturated carbocycles. The molecule has 0 aliphatic carbocycles. The van der Waals surface area contributed by atoms with Gasteiger partial charge in [-0.2, -0.15) is 10.2 Å². The highest BCUT2D eigenvalue weighted by atomic mass is 79.9. The van der Waals surface area contributed by atoms with Gasteiger partial charge in [0.15, 0.2) is 0 Å². The van der Waals surface area contributed by atoms with E-state index in [-0.39, 0.29) is 16.2 Å². The molecular formula is C19H16BrN5. The number of hydrogen-bond acceptors (Lipinski definition) is 5. The number of aromatic nitrogens is 2. The molecule has 2 aromatic carbocycles. The monoisotopic (exact) mass is 401 g/mol. The molecular weight excluding hydrogens is 378 g/mol. The minimum absolute atomic E-state index is 0.0540. The summed E-state index contributed by atoms with van der Waals surface area (Å²) in [5.41, 5.74) is -0.424. The third-order valence-electron chi connectivity index (χ3n) is 3.15. The maximum Gasteiger partial charge on any atom is 0.229 e. The fraction of sp³-hybridized carbons (Fsp3) is 0.105. The lowest BCUT2D eigenvalue weighted by molar-refractivity contribution is 1.16. The molecule has 3 aromatic rings. The minimum Gasteiger partial charge on any atom is -0.340 e. The summed E-state index contributed by atoms with van der Waals surface area (Å²) in [6.45, 7) is -5.68. The molecule has 0 bridgehead atoms. The van der Waals surface area contributed by atoms with Crippen molar-refractivity contribution in [2.45, 2.75) is 13.7 Å². The van der Waals surface area contributed by atoms with Crippen LogP contribution in [0.2, 0.25) is 0 Å². The Morgan fingerprint density at radius 3 is 2.48 bits per heavy atom. The molecule has 0 amide bonds. The quantitative estimate of drug-likeness (QED) is 0.626. The Morgan fingerprint density at radius 2 is 1.84 bits per heavy atom. The molecule has 1 heterocycles. The molecule has 0 aliphatic rings. The number of hydrogen-bond donors (Lipinski definition) is 2. The topological polar surface area (TPSA) is 73.6 Å². The second kappa shape index (κ2) is 7.32. The highest BCUT2D eigenvalue weighted by Crippen LogP contribution is 2.27. The van der Waals surface area contributed by atoms with Crippen molar-refractivity contribution in [3.05, 3.63) is 69.8 Å². The van der Waals surface area contributed by atoms with Gasteiger partial charge in [-0.3, -0.25) is 0 Å². The maximum atomic E-state index is 8.90. The van der Waals surface area contributed by atoms with Crippen molar-refractivity contribution in [1.82, 2.24) is 9.97 Å². The van der Waals surface area contributed by atoms with Crippen LogP contribution >= 0.6 is 15.9 Å². The summed E-state index contributed by atoms with van der Waals surface area (Å²) in [5.74, 6) is 0.170. The molecule has 0 atom stereocenters. The summed E-state index contributed by atoms with van der Waals surface area (Å²) >= 11 is 2.99. The molecule has 25 heavy (non-hydrogen) atoms. The van der Waals surface area contributed by atoms with Gasteiger partial charge in [-0.25, -0.2) is 4.98 Å². The summed E-state index contributed by atoms with van der Waals surface area (Å²) in [4.78, 5) is 8.31. The van der Waals surface area contributed by atoms with E-state index in [1.807, 2.05) is 6.07 Å². The molecule has 0 unspecified atom stereocenters. The van der Waals surface area contributed by atoms with Gasteiger partial charge in [-0.05, 0) is 67.2 Å².